The summed E-state index contributed by atoms with van der Waals surface area (Å²) in [5.74, 6) is 1.27. The van der Waals surface area contributed by atoms with Gasteiger partial charge in [-0.2, -0.15) is 0 Å². The van der Waals surface area contributed by atoms with Crippen molar-refractivity contribution in [1.82, 2.24) is 9.97 Å². The molecule has 0 saturated carbocycles. The normalized spacial score (nSPS) is 9.00. The summed E-state index contributed by atoms with van der Waals surface area (Å²) in [6, 6.07) is 1.69. The number of hydrogen-bond donors (Lipinski definition) is 1. The van der Waals surface area contributed by atoms with Crippen molar-refractivity contribution >= 4 is 11.7 Å². The SMILES string of the molecule is CC.CCCCC(=O)Nc1ccnc(C)n1. The lowest BCUT2D eigenvalue weighted by Gasteiger charge is -2.03. The zero-order chi connectivity index (χ0) is 12.4. The van der Waals surface area contributed by atoms with E-state index in [9.17, 15) is 4.79 Å². The number of nitrogens with one attached hydrogen (secondary N) is 1. The number of aromatic nitrogens is 2. The first-order valence-electron chi connectivity index (χ1n) is 5.82. The molecule has 1 rings (SSSR count). The molecule has 0 aliphatic rings. The average Bonchev–Trinajstić information content (AvgIpc) is 2.29. The first-order valence-corrected chi connectivity index (χ1v) is 5.82. The minimum Gasteiger partial charge on any atom is -0.311 e. The Bertz CT molecular complexity index is 313. The number of aryl methyl sites for hydroxylation is 1. The third-order valence-corrected chi connectivity index (χ3v) is 1.80. The molecular weight excluding hydrogens is 202 g/mol. The lowest BCUT2D eigenvalue weighted by Crippen LogP contribution is -2.12. The van der Waals surface area contributed by atoms with E-state index >= 15 is 0 Å². The first-order chi connectivity index (χ1) is 7.72. The number of hydrogen-bond acceptors (Lipinski definition) is 3. The zero-order valence-corrected chi connectivity index (χ0v) is 10.6. The second-order valence-corrected chi connectivity index (χ2v) is 3.14. The van der Waals surface area contributed by atoms with Gasteiger partial charge in [-0.25, -0.2) is 9.97 Å². The molecule has 1 aromatic rings. The molecule has 1 N–H and O–H groups in total. The Hall–Kier alpha value is -1.45. The fourth-order valence-corrected chi connectivity index (χ4v) is 1.07. The smallest absolute Gasteiger partial charge is 0.225 e. The number of rotatable bonds is 4. The minimum atomic E-state index is 0.0185. The van der Waals surface area contributed by atoms with Crippen molar-refractivity contribution in [3.05, 3.63) is 18.1 Å². The summed E-state index contributed by atoms with van der Waals surface area (Å²) in [7, 11) is 0. The minimum absolute atomic E-state index is 0.0185. The first kappa shape index (κ1) is 14.6. The molecule has 0 fully saturated rings. The van der Waals surface area contributed by atoms with E-state index in [4.69, 9.17) is 0 Å². The second-order valence-electron chi connectivity index (χ2n) is 3.14. The number of carbonyl (C=O) groups excluding carboxylic acids is 1. The fraction of sp³-hybridized carbons (Fsp3) is 0.583. The van der Waals surface area contributed by atoms with Crippen LogP contribution in [-0.2, 0) is 4.79 Å². The van der Waals surface area contributed by atoms with E-state index in [1.54, 1.807) is 19.2 Å². The van der Waals surface area contributed by atoms with Crippen LogP contribution in [0.3, 0.4) is 0 Å². The standard InChI is InChI=1S/C10H15N3O.C2H6/c1-3-4-5-10(14)13-9-6-7-11-8(2)12-9;1-2/h6-7H,3-5H2,1-2H3,(H,11,12,13,14);1-2H3. The Labute approximate surface area is 97.5 Å². The summed E-state index contributed by atoms with van der Waals surface area (Å²) in [4.78, 5) is 19.3. The molecule has 1 heterocycles. The summed E-state index contributed by atoms with van der Waals surface area (Å²) >= 11 is 0. The van der Waals surface area contributed by atoms with E-state index in [2.05, 4.69) is 22.2 Å². The van der Waals surface area contributed by atoms with Crippen molar-refractivity contribution in [3.8, 4) is 0 Å². The Balaban J connectivity index is 0.00000106. The maximum atomic E-state index is 11.3. The van der Waals surface area contributed by atoms with E-state index in [1.807, 2.05) is 13.8 Å². The predicted molar refractivity (Wildman–Crippen MR) is 66.3 cm³/mol. The quantitative estimate of drug-likeness (QED) is 0.853. The predicted octanol–water partition coefficient (Wildman–Crippen LogP) is 2.94. The molecule has 16 heavy (non-hydrogen) atoms. The second kappa shape index (κ2) is 8.83. The number of unbranched alkanes of at least 4 members (excludes halogenated alkanes) is 1. The summed E-state index contributed by atoms with van der Waals surface area (Å²) in [5.41, 5.74) is 0. The lowest BCUT2D eigenvalue weighted by molar-refractivity contribution is -0.116. The zero-order valence-electron chi connectivity index (χ0n) is 10.6. The molecule has 0 spiro atoms. The van der Waals surface area contributed by atoms with Crippen molar-refractivity contribution in [2.45, 2.75) is 47.0 Å². The van der Waals surface area contributed by atoms with Crippen LogP contribution in [-0.4, -0.2) is 15.9 Å². The van der Waals surface area contributed by atoms with Gasteiger partial charge in [0.2, 0.25) is 5.91 Å². The molecule has 0 aliphatic carbocycles. The summed E-state index contributed by atoms with van der Waals surface area (Å²) in [6.07, 6.45) is 4.13. The molecule has 4 heteroatoms. The van der Waals surface area contributed by atoms with E-state index in [1.165, 1.54) is 0 Å². The van der Waals surface area contributed by atoms with Gasteiger partial charge in [0.25, 0.3) is 0 Å². The van der Waals surface area contributed by atoms with E-state index in [0.717, 1.165) is 12.8 Å². The number of carbonyl (C=O) groups is 1. The van der Waals surface area contributed by atoms with E-state index in [-0.39, 0.29) is 5.91 Å². The van der Waals surface area contributed by atoms with Gasteiger partial charge in [-0.15, -0.1) is 0 Å². The summed E-state index contributed by atoms with van der Waals surface area (Å²) in [6.45, 7) is 7.85. The fourth-order valence-electron chi connectivity index (χ4n) is 1.07. The van der Waals surface area contributed by atoms with Crippen LogP contribution >= 0.6 is 0 Å². The van der Waals surface area contributed by atoms with Crippen LogP contribution in [0, 0.1) is 6.92 Å². The molecule has 4 nitrogen and oxygen atoms in total. The van der Waals surface area contributed by atoms with Crippen molar-refractivity contribution in [1.29, 1.82) is 0 Å². The topological polar surface area (TPSA) is 54.9 Å². The van der Waals surface area contributed by atoms with E-state index < -0.39 is 0 Å². The third-order valence-electron chi connectivity index (χ3n) is 1.80. The summed E-state index contributed by atoms with van der Waals surface area (Å²) in [5, 5.41) is 2.73. The molecule has 0 radical (unpaired) electrons. The van der Waals surface area contributed by atoms with Crippen LogP contribution in [0.25, 0.3) is 0 Å². The van der Waals surface area contributed by atoms with Crippen LogP contribution in [0.15, 0.2) is 12.3 Å². The van der Waals surface area contributed by atoms with Crippen LogP contribution < -0.4 is 5.32 Å². The molecule has 1 amide bonds. The Morgan fingerprint density at radius 2 is 2.12 bits per heavy atom. The molecule has 90 valence electrons. The number of nitrogens with zero attached hydrogens (tertiary/aromatic N) is 2. The van der Waals surface area contributed by atoms with Crippen molar-refractivity contribution in [2.24, 2.45) is 0 Å². The largest absolute Gasteiger partial charge is 0.311 e. The molecule has 0 bridgehead atoms. The maximum absolute atomic E-state index is 11.3. The highest BCUT2D eigenvalue weighted by Crippen LogP contribution is 2.03. The highest BCUT2D eigenvalue weighted by molar-refractivity contribution is 5.89. The number of amides is 1. The van der Waals surface area contributed by atoms with E-state index in [0.29, 0.717) is 18.1 Å². The van der Waals surface area contributed by atoms with Gasteiger partial charge in [0.15, 0.2) is 0 Å². The molecule has 0 aliphatic heterocycles. The molecule has 0 aromatic carbocycles. The van der Waals surface area contributed by atoms with Crippen LogP contribution in [0.5, 0.6) is 0 Å². The lowest BCUT2D eigenvalue weighted by atomic mass is 10.2. The van der Waals surface area contributed by atoms with Gasteiger partial charge in [0.05, 0.1) is 0 Å². The van der Waals surface area contributed by atoms with Crippen LogP contribution in [0.1, 0.15) is 45.9 Å². The monoisotopic (exact) mass is 223 g/mol. The molecule has 1 aromatic heterocycles. The van der Waals surface area contributed by atoms with Crippen molar-refractivity contribution in [2.75, 3.05) is 5.32 Å². The molecule has 0 atom stereocenters. The summed E-state index contributed by atoms with van der Waals surface area (Å²) < 4.78 is 0. The van der Waals surface area contributed by atoms with Gasteiger partial charge < -0.3 is 5.32 Å². The van der Waals surface area contributed by atoms with Crippen molar-refractivity contribution in [3.63, 3.8) is 0 Å². The van der Waals surface area contributed by atoms with Gasteiger partial charge in [-0.3, -0.25) is 4.79 Å². The third kappa shape index (κ3) is 6.11. The van der Waals surface area contributed by atoms with Crippen LogP contribution in [0.2, 0.25) is 0 Å². The Morgan fingerprint density at radius 3 is 2.69 bits per heavy atom. The highest BCUT2D eigenvalue weighted by atomic mass is 16.1. The van der Waals surface area contributed by atoms with Crippen molar-refractivity contribution < 1.29 is 4.79 Å². The van der Waals surface area contributed by atoms with Crippen LogP contribution in [0.4, 0.5) is 5.82 Å². The highest BCUT2D eigenvalue weighted by Gasteiger charge is 2.02. The Morgan fingerprint density at radius 1 is 1.44 bits per heavy atom. The van der Waals surface area contributed by atoms with Gasteiger partial charge >= 0.3 is 0 Å². The molecular formula is C12H21N3O. The maximum Gasteiger partial charge on any atom is 0.225 e. The van der Waals surface area contributed by atoms with Gasteiger partial charge in [-0.1, -0.05) is 27.2 Å². The number of anilines is 1. The average molecular weight is 223 g/mol. The van der Waals surface area contributed by atoms with Gasteiger partial charge in [0, 0.05) is 12.6 Å². The van der Waals surface area contributed by atoms with Gasteiger partial charge in [0.1, 0.15) is 11.6 Å². The molecule has 0 unspecified atom stereocenters. The Kier molecular flexibility index (Phi) is 8.03. The van der Waals surface area contributed by atoms with Gasteiger partial charge in [-0.05, 0) is 19.4 Å². The molecule has 0 saturated heterocycles.